The second kappa shape index (κ2) is 21.1. The zero-order chi connectivity index (χ0) is 47.7. The third-order valence-corrected chi connectivity index (χ3v) is 11.4. The quantitative estimate of drug-likeness (QED) is 0.0740. The number of imidazole rings is 1. The van der Waals surface area contributed by atoms with E-state index in [2.05, 4.69) is 33.0 Å². The number of aromatic carboxylic acids is 2. The Hall–Kier alpha value is -8.02. The minimum Gasteiger partial charge on any atom is -0.497 e. The number of aliphatic hydroxyl groups excluding tert-OH is 1. The molecule has 17 heteroatoms. The van der Waals surface area contributed by atoms with E-state index in [0.29, 0.717) is 12.6 Å². The van der Waals surface area contributed by atoms with Crippen LogP contribution < -0.4 is 30.4 Å². The molecule has 0 amide bonds. The molecule has 0 atom stereocenters. The maximum atomic E-state index is 13.4. The maximum absolute atomic E-state index is 13.4. The van der Waals surface area contributed by atoms with Gasteiger partial charge in [0.25, 0.3) is 0 Å². The van der Waals surface area contributed by atoms with Crippen molar-refractivity contribution in [3.05, 3.63) is 170 Å². The number of aromatic nitrogens is 2. The Bertz CT molecular complexity index is 3060. The molecular formula is C51H47FN4O12. The van der Waals surface area contributed by atoms with E-state index in [1.807, 2.05) is 42.5 Å². The van der Waals surface area contributed by atoms with Crippen LogP contribution in [0, 0.1) is 5.82 Å². The van der Waals surface area contributed by atoms with E-state index in [1.54, 1.807) is 7.11 Å². The Morgan fingerprint density at radius 2 is 1.32 bits per heavy atom. The van der Waals surface area contributed by atoms with Crippen LogP contribution in [0.3, 0.4) is 0 Å². The summed E-state index contributed by atoms with van der Waals surface area (Å²) in [4.78, 5) is 54.2. The van der Waals surface area contributed by atoms with Crippen molar-refractivity contribution in [2.75, 3.05) is 45.3 Å². The van der Waals surface area contributed by atoms with E-state index in [0.717, 1.165) is 79.3 Å². The van der Waals surface area contributed by atoms with Crippen molar-refractivity contribution >= 4 is 50.9 Å². The molecule has 0 spiro atoms. The number of aliphatic hydroxyl groups is 1. The number of rotatable bonds is 16. The number of fused-ring (bicyclic) bond motifs is 3. The Labute approximate surface area is 387 Å². The summed E-state index contributed by atoms with van der Waals surface area (Å²) in [6.07, 6.45) is 2.03. The average Bonchev–Trinajstić information content (AvgIpc) is 3.68. The fourth-order valence-corrected chi connectivity index (χ4v) is 7.91. The number of likely N-dealkylation sites (tertiary alicyclic amines) is 1. The number of hydrogen-bond donors (Lipinski definition) is 4. The van der Waals surface area contributed by atoms with Crippen LogP contribution in [-0.4, -0.2) is 93.8 Å². The number of methoxy groups -OCH3 is 1. The zero-order valence-corrected chi connectivity index (χ0v) is 36.8. The molecule has 0 bridgehead atoms. The predicted octanol–water partition coefficient (Wildman–Crippen LogP) is 7.47. The minimum atomic E-state index is -1.39. The number of benzene rings is 5. The van der Waals surface area contributed by atoms with Crippen LogP contribution >= 0.6 is 0 Å². The van der Waals surface area contributed by atoms with Gasteiger partial charge in [-0.05, 0) is 91.1 Å². The SMILES string of the molecule is COc1ccc(CCN2CCC(Nc3nc4ccccc4n3Cc3ccc(F)cc3)CC2)cc1.O=C(O)c1cc(=O)c2c(OCC(O)COc3cccc4oc(C(=O)O)cc(=O)c34)cccc2o1. The number of nitrogens with zero attached hydrogens (tertiary/aromatic N) is 3. The number of para-hydroxylation sites is 2. The summed E-state index contributed by atoms with van der Waals surface area (Å²) in [5.74, 6) is -2.07. The molecule has 5 aromatic carbocycles. The first-order valence-electron chi connectivity index (χ1n) is 21.8. The highest BCUT2D eigenvalue weighted by molar-refractivity contribution is 5.90. The Kier molecular flexibility index (Phi) is 14.4. The van der Waals surface area contributed by atoms with E-state index in [1.165, 1.54) is 54.1 Å². The van der Waals surface area contributed by atoms with Crippen LogP contribution in [0.25, 0.3) is 33.0 Å². The summed E-state index contributed by atoms with van der Waals surface area (Å²) in [6, 6.07) is 34.1. The lowest BCUT2D eigenvalue weighted by Crippen LogP contribution is -2.40. The summed E-state index contributed by atoms with van der Waals surface area (Å²) in [6.45, 7) is 3.27. The summed E-state index contributed by atoms with van der Waals surface area (Å²) in [5, 5.41) is 32.1. The average molecular weight is 927 g/mol. The fourth-order valence-electron chi connectivity index (χ4n) is 7.91. The largest absolute Gasteiger partial charge is 0.497 e. The Morgan fingerprint density at radius 3 is 1.88 bits per heavy atom. The normalized spacial score (nSPS) is 13.1. The van der Waals surface area contributed by atoms with Crippen molar-refractivity contribution in [3.63, 3.8) is 0 Å². The molecular weight excluding hydrogens is 880 g/mol. The summed E-state index contributed by atoms with van der Waals surface area (Å²) in [7, 11) is 1.70. The number of piperidine rings is 1. The van der Waals surface area contributed by atoms with Gasteiger partial charge >= 0.3 is 11.9 Å². The maximum Gasteiger partial charge on any atom is 0.371 e. The van der Waals surface area contributed by atoms with Crippen molar-refractivity contribution in [3.8, 4) is 17.2 Å². The molecule has 3 aromatic heterocycles. The van der Waals surface area contributed by atoms with Gasteiger partial charge < -0.3 is 53.1 Å². The summed E-state index contributed by atoms with van der Waals surface area (Å²) < 4.78 is 42.3. The van der Waals surface area contributed by atoms with Crippen molar-refractivity contribution in [1.82, 2.24) is 14.5 Å². The zero-order valence-electron chi connectivity index (χ0n) is 36.8. The molecule has 1 aliphatic rings. The van der Waals surface area contributed by atoms with E-state index in [9.17, 15) is 28.7 Å². The molecule has 0 radical (unpaired) electrons. The third kappa shape index (κ3) is 11.1. The van der Waals surface area contributed by atoms with Gasteiger partial charge in [0.05, 0.1) is 24.7 Å². The number of carboxylic acids is 2. The molecule has 0 unspecified atom stereocenters. The molecule has 350 valence electrons. The number of ether oxygens (including phenoxy) is 3. The number of anilines is 1. The van der Waals surface area contributed by atoms with Gasteiger partial charge in [-0.2, -0.15) is 0 Å². The van der Waals surface area contributed by atoms with Gasteiger partial charge in [0.15, 0.2) is 10.9 Å². The van der Waals surface area contributed by atoms with Crippen LogP contribution in [0.15, 0.2) is 140 Å². The van der Waals surface area contributed by atoms with Gasteiger partial charge in [-0.1, -0.05) is 48.5 Å². The van der Waals surface area contributed by atoms with E-state index in [4.69, 9.17) is 38.2 Å². The third-order valence-electron chi connectivity index (χ3n) is 11.4. The minimum absolute atomic E-state index is 0.0105. The molecule has 1 fully saturated rings. The first-order valence-corrected chi connectivity index (χ1v) is 21.8. The molecule has 0 saturated carbocycles. The molecule has 0 aliphatic carbocycles. The Morgan fingerprint density at radius 1 is 0.765 bits per heavy atom. The second-order valence-electron chi connectivity index (χ2n) is 16.1. The van der Waals surface area contributed by atoms with Crippen molar-refractivity contribution in [2.45, 2.75) is 38.0 Å². The fraction of sp³-hybridized carbons (Fsp3) is 0.235. The van der Waals surface area contributed by atoms with Crippen LogP contribution in [-0.2, 0) is 13.0 Å². The molecule has 1 saturated heterocycles. The Balaban J connectivity index is 0.000000184. The van der Waals surface area contributed by atoms with E-state index >= 15 is 0 Å². The number of carboxylic acid groups (broad SMARTS) is 2. The predicted molar refractivity (Wildman–Crippen MR) is 251 cm³/mol. The second-order valence-corrected chi connectivity index (χ2v) is 16.1. The van der Waals surface area contributed by atoms with Crippen LogP contribution in [0.4, 0.5) is 10.3 Å². The van der Waals surface area contributed by atoms with Crippen molar-refractivity contribution in [2.24, 2.45) is 0 Å². The molecule has 9 rings (SSSR count). The van der Waals surface area contributed by atoms with Crippen LogP contribution in [0.2, 0.25) is 0 Å². The number of hydrogen-bond acceptors (Lipinski definition) is 13. The first-order chi connectivity index (χ1) is 32.9. The molecule has 4 N–H and O–H groups in total. The van der Waals surface area contributed by atoms with Crippen LogP contribution in [0.5, 0.6) is 17.2 Å². The van der Waals surface area contributed by atoms with Gasteiger partial charge in [0.2, 0.25) is 17.5 Å². The highest BCUT2D eigenvalue weighted by atomic mass is 19.1. The number of nitrogens with one attached hydrogen (secondary N) is 1. The summed E-state index contributed by atoms with van der Waals surface area (Å²) in [5.41, 5.74) is 3.24. The lowest BCUT2D eigenvalue weighted by atomic mass is 10.0. The van der Waals surface area contributed by atoms with Crippen LogP contribution in [0.1, 0.15) is 45.1 Å². The molecule has 16 nitrogen and oxygen atoms in total. The van der Waals surface area contributed by atoms with Gasteiger partial charge in [-0.25, -0.2) is 19.0 Å². The highest BCUT2D eigenvalue weighted by Crippen LogP contribution is 2.27. The molecule has 1 aliphatic heterocycles. The van der Waals surface area contributed by atoms with E-state index in [-0.39, 0.29) is 52.5 Å². The topological polar surface area (TPSA) is 216 Å². The molecule has 8 aromatic rings. The van der Waals surface area contributed by atoms with Gasteiger partial charge in [0, 0.05) is 37.8 Å². The van der Waals surface area contributed by atoms with Crippen molar-refractivity contribution < 1.29 is 52.3 Å². The number of carbonyl (C=O) groups is 2. The smallest absolute Gasteiger partial charge is 0.371 e. The van der Waals surface area contributed by atoms with Gasteiger partial charge in [-0.15, -0.1) is 0 Å². The highest BCUT2D eigenvalue weighted by Gasteiger charge is 2.22. The standard InChI is InChI=1S/C28H31FN4O.C23H16O11/c1-34-25-12-8-21(9-13-25)14-17-32-18-15-24(16-19-32)30-28-31-26-4-2-3-5-27(26)33(28)20-22-6-10-23(29)11-7-22;24-11(9-31-14-3-1-5-16-20(14)12(25)7-18(33-16)22(27)28)10-32-15-4-2-6-17-21(15)13(26)8-19(34-17)23(29)30/h2-13,24H,14-20H2,1H3,(H,30,31);1-8,11,24H,9-10H2,(H,27,28)(H,29,30). The molecule has 4 heterocycles. The van der Waals surface area contributed by atoms with Gasteiger partial charge in [-0.3, -0.25) is 9.59 Å². The number of halogens is 1. The van der Waals surface area contributed by atoms with E-state index < -0.39 is 40.4 Å². The lowest BCUT2D eigenvalue weighted by Gasteiger charge is -2.32. The van der Waals surface area contributed by atoms with Crippen molar-refractivity contribution in [1.29, 1.82) is 0 Å². The molecule has 68 heavy (non-hydrogen) atoms. The first kappa shape index (κ1) is 46.5. The monoisotopic (exact) mass is 926 g/mol. The lowest BCUT2D eigenvalue weighted by molar-refractivity contribution is 0.0636. The summed E-state index contributed by atoms with van der Waals surface area (Å²) >= 11 is 0. The van der Waals surface area contributed by atoms with Gasteiger partial charge in [0.1, 0.15) is 64.3 Å².